The average molecular weight is 304 g/mol. The Bertz CT molecular complexity index is 571. The molecule has 2 heterocycles. The van der Waals surface area contributed by atoms with Crippen LogP contribution in [0.2, 0.25) is 0 Å². The summed E-state index contributed by atoms with van der Waals surface area (Å²) in [6, 6.07) is 2.59. The van der Waals surface area contributed by atoms with Gasteiger partial charge in [-0.05, 0) is 6.07 Å². The third-order valence-electron chi connectivity index (χ3n) is 1.97. The predicted molar refractivity (Wildman–Crippen MR) is 63.6 cm³/mol. The van der Waals surface area contributed by atoms with Gasteiger partial charge in [-0.25, -0.2) is 4.98 Å². The van der Waals surface area contributed by atoms with Gasteiger partial charge in [0.05, 0.1) is 29.8 Å². The number of rotatable bonds is 4. The molecule has 0 aliphatic carbocycles. The average Bonchev–Trinajstić information content (AvgIpc) is 2.91. The molecule has 0 unspecified atom stereocenters. The monoisotopic (exact) mass is 304 g/mol. The van der Waals surface area contributed by atoms with Crippen molar-refractivity contribution in [1.82, 2.24) is 13.7 Å². The molecule has 0 radical (unpaired) electrons. The fourth-order valence-corrected chi connectivity index (χ4v) is 1.57. The van der Waals surface area contributed by atoms with E-state index in [1.165, 1.54) is 24.5 Å². The number of pyridine rings is 1. The molecule has 0 spiro atoms. The topological polar surface area (TPSA) is 77.0 Å². The van der Waals surface area contributed by atoms with Gasteiger partial charge in [-0.3, -0.25) is 4.79 Å². The highest BCUT2D eigenvalue weighted by Gasteiger charge is 2.28. The van der Waals surface area contributed by atoms with Gasteiger partial charge in [0, 0.05) is 6.07 Å². The van der Waals surface area contributed by atoms with Crippen molar-refractivity contribution in [2.75, 3.05) is 11.9 Å². The van der Waals surface area contributed by atoms with Gasteiger partial charge in [0.25, 0.3) is 5.91 Å². The Balaban J connectivity index is 1.93. The van der Waals surface area contributed by atoms with Crippen molar-refractivity contribution in [2.24, 2.45) is 0 Å². The predicted octanol–water partition coefficient (Wildman–Crippen LogP) is 2.13. The molecule has 0 atom stereocenters. The Labute approximate surface area is 114 Å². The van der Waals surface area contributed by atoms with E-state index in [4.69, 9.17) is 0 Å². The van der Waals surface area contributed by atoms with Crippen molar-refractivity contribution in [3.63, 3.8) is 0 Å². The second-order valence-electron chi connectivity index (χ2n) is 3.54. The van der Waals surface area contributed by atoms with E-state index in [-0.39, 0.29) is 11.6 Å². The van der Waals surface area contributed by atoms with Crippen LogP contribution in [0.5, 0.6) is 5.88 Å². The van der Waals surface area contributed by atoms with Gasteiger partial charge in [-0.1, -0.05) is 0 Å². The van der Waals surface area contributed by atoms with Gasteiger partial charge in [0.15, 0.2) is 12.3 Å². The lowest BCUT2D eigenvalue weighted by Gasteiger charge is -2.08. The molecule has 1 N–H and O–H groups in total. The van der Waals surface area contributed by atoms with Crippen molar-refractivity contribution in [3.05, 3.63) is 30.2 Å². The normalized spacial score (nSPS) is 11.2. The van der Waals surface area contributed by atoms with E-state index >= 15 is 0 Å². The van der Waals surface area contributed by atoms with Gasteiger partial charge >= 0.3 is 6.18 Å². The Kier molecular flexibility index (Phi) is 4.13. The molecule has 106 valence electrons. The van der Waals surface area contributed by atoms with Crippen LogP contribution in [0, 0.1) is 0 Å². The fourth-order valence-electron chi connectivity index (χ4n) is 1.16. The van der Waals surface area contributed by atoms with Crippen molar-refractivity contribution in [2.45, 2.75) is 6.18 Å². The summed E-state index contributed by atoms with van der Waals surface area (Å²) < 4.78 is 47.6. The zero-order valence-corrected chi connectivity index (χ0v) is 10.5. The maximum atomic E-state index is 11.9. The first-order valence-corrected chi connectivity index (χ1v) is 5.91. The molecule has 2 rings (SSSR count). The van der Waals surface area contributed by atoms with Crippen LogP contribution in [0.15, 0.2) is 24.5 Å². The number of anilines is 1. The SMILES string of the molecule is O=C(Nc1ccc(OCC(F)(F)F)nc1)c1cnsn1. The first-order chi connectivity index (χ1) is 9.44. The van der Waals surface area contributed by atoms with Gasteiger partial charge in [0.2, 0.25) is 5.88 Å². The number of hydrogen-bond acceptors (Lipinski definition) is 6. The lowest BCUT2D eigenvalue weighted by Crippen LogP contribution is -2.19. The van der Waals surface area contributed by atoms with Crippen LogP contribution in [0.4, 0.5) is 18.9 Å². The summed E-state index contributed by atoms with van der Waals surface area (Å²) in [5.74, 6) is -0.667. The molecule has 0 fully saturated rings. The highest BCUT2D eigenvalue weighted by molar-refractivity contribution is 6.99. The molecular formula is C10H7F3N4O2S. The van der Waals surface area contributed by atoms with E-state index in [0.717, 1.165) is 11.7 Å². The number of carbonyl (C=O) groups excluding carboxylic acids is 1. The molecule has 20 heavy (non-hydrogen) atoms. The Hall–Kier alpha value is -2.23. The quantitative estimate of drug-likeness (QED) is 0.936. The van der Waals surface area contributed by atoms with Gasteiger partial charge < -0.3 is 10.1 Å². The summed E-state index contributed by atoms with van der Waals surface area (Å²) in [6.45, 7) is -1.42. The molecular weight excluding hydrogens is 297 g/mol. The molecule has 0 saturated carbocycles. The van der Waals surface area contributed by atoms with Crippen LogP contribution in [-0.2, 0) is 0 Å². The third kappa shape index (κ3) is 4.16. The molecule has 0 aliphatic rings. The van der Waals surface area contributed by atoms with E-state index in [0.29, 0.717) is 5.69 Å². The Morgan fingerprint density at radius 3 is 2.70 bits per heavy atom. The number of ether oxygens (including phenoxy) is 1. The minimum atomic E-state index is -4.42. The molecule has 2 aromatic heterocycles. The lowest BCUT2D eigenvalue weighted by molar-refractivity contribution is -0.154. The van der Waals surface area contributed by atoms with E-state index < -0.39 is 18.7 Å². The van der Waals surface area contributed by atoms with Crippen molar-refractivity contribution in [3.8, 4) is 5.88 Å². The van der Waals surface area contributed by atoms with Crippen molar-refractivity contribution < 1.29 is 22.7 Å². The minimum absolute atomic E-state index is 0.146. The Morgan fingerprint density at radius 2 is 2.15 bits per heavy atom. The molecule has 0 saturated heterocycles. The molecule has 1 amide bonds. The maximum Gasteiger partial charge on any atom is 0.422 e. The minimum Gasteiger partial charge on any atom is -0.468 e. The number of alkyl halides is 3. The summed E-state index contributed by atoms with van der Waals surface area (Å²) in [6.07, 6.45) is -1.94. The molecule has 2 aromatic rings. The van der Waals surface area contributed by atoms with Crippen LogP contribution in [-0.4, -0.2) is 32.4 Å². The van der Waals surface area contributed by atoms with Gasteiger partial charge in [-0.2, -0.15) is 21.9 Å². The van der Waals surface area contributed by atoms with Crippen LogP contribution in [0.3, 0.4) is 0 Å². The number of aromatic nitrogens is 3. The van der Waals surface area contributed by atoms with Crippen LogP contribution in [0.1, 0.15) is 10.5 Å². The van der Waals surface area contributed by atoms with Crippen LogP contribution in [0.25, 0.3) is 0 Å². The van der Waals surface area contributed by atoms with Crippen LogP contribution < -0.4 is 10.1 Å². The molecule has 6 nitrogen and oxygen atoms in total. The second-order valence-corrected chi connectivity index (χ2v) is 4.09. The highest BCUT2D eigenvalue weighted by atomic mass is 32.1. The second kappa shape index (κ2) is 5.82. The third-order valence-corrected chi connectivity index (χ3v) is 2.45. The summed E-state index contributed by atoms with van der Waals surface area (Å²) in [5.41, 5.74) is 0.453. The smallest absolute Gasteiger partial charge is 0.422 e. The maximum absolute atomic E-state index is 11.9. The summed E-state index contributed by atoms with van der Waals surface area (Å²) in [5, 5.41) is 2.47. The lowest BCUT2D eigenvalue weighted by atomic mass is 10.3. The van der Waals surface area contributed by atoms with E-state index in [1.54, 1.807) is 0 Å². The molecule has 10 heteroatoms. The standard InChI is InChI=1S/C10H7F3N4O2S/c11-10(12,13)5-19-8-2-1-6(3-14-8)16-9(18)7-4-15-20-17-7/h1-4H,5H2,(H,16,18). The van der Waals surface area contributed by atoms with Crippen LogP contribution >= 0.6 is 11.7 Å². The number of halogens is 3. The molecule has 0 bridgehead atoms. The van der Waals surface area contributed by atoms with E-state index in [1.807, 2.05) is 0 Å². The highest BCUT2D eigenvalue weighted by Crippen LogP contribution is 2.18. The number of hydrogen-bond donors (Lipinski definition) is 1. The summed E-state index contributed by atoms with van der Waals surface area (Å²) in [7, 11) is 0. The fraction of sp³-hybridized carbons (Fsp3) is 0.200. The Morgan fingerprint density at radius 1 is 1.35 bits per heavy atom. The van der Waals surface area contributed by atoms with Gasteiger partial charge in [0.1, 0.15) is 0 Å². The van der Waals surface area contributed by atoms with Gasteiger partial charge in [-0.15, -0.1) is 0 Å². The van der Waals surface area contributed by atoms with Crippen molar-refractivity contribution >= 4 is 23.3 Å². The largest absolute Gasteiger partial charge is 0.468 e. The zero-order valence-electron chi connectivity index (χ0n) is 9.72. The first-order valence-electron chi connectivity index (χ1n) is 5.18. The number of carbonyl (C=O) groups is 1. The number of amides is 1. The summed E-state index contributed by atoms with van der Waals surface area (Å²) in [4.78, 5) is 15.2. The van der Waals surface area contributed by atoms with E-state index in [9.17, 15) is 18.0 Å². The number of nitrogens with zero attached hydrogens (tertiary/aromatic N) is 3. The van der Waals surface area contributed by atoms with E-state index in [2.05, 4.69) is 23.8 Å². The first kappa shape index (κ1) is 14.2. The zero-order chi connectivity index (χ0) is 14.6. The van der Waals surface area contributed by atoms with Crippen molar-refractivity contribution in [1.29, 1.82) is 0 Å². The number of nitrogens with one attached hydrogen (secondary N) is 1. The molecule has 0 aliphatic heterocycles. The summed E-state index contributed by atoms with van der Waals surface area (Å²) >= 11 is 0.887. The molecule has 0 aromatic carbocycles.